The molecule has 6 nitrogen and oxygen atoms in total. The average Bonchev–Trinajstić information content (AvgIpc) is 3.17. The zero-order valence-electron chi connectivity index (χ0n) is 14.3. The molecule has 0 aliphatic carbocycles. The van der Waals surface area contributed by atoms with Crippen molar-refractivity contribution in [1.29, 1.82) is 0 Å². The van der Waals surface area contributed by atoms with Crippen molar-refractivity contribution in [2.45, 2.75) is 32.3 Å². The van der Waals surface area contributed by atoms with E-state index in [9.17, 15) is 14.7 Å². The lowest BCUT2D eigenvalue weighted by Gasteiger charge is -2.29. The number of carbonyl (C=O) groups excluding carboxylic acids is 2. The number of hydrogen-bond donors (Lipinski definition) is 2. The quantitative estimate of drug-likeness (QED) is 0.625. The molecule has 6 heteroatoms. The maximum absolute atomic E-state index is 12.6. The Morgan fingerprint density at radius 1 is 1.16 bits per heavy atom. The van der Waals surface area contributed by atoms with E-state index in [1.807, 2.05) is 0 Å². The highest BCUT2D eigenvalue weighted by Gasteiger charge is 2.34. The molecule has 25 heavy (non-hydrogen) atoms. The number of para-hydroxylation sites is 1. The fourth-order valence-electron chi connectivity index (χ4n) is 2.21. The summed E-state index contributed by atoms with van der Waals surface area (Å²) in [6, 6.07) is 12.1. The summed E-state index contributed by atoms with van der Waals surface area (Å²) in [4.78, 5) is 25.0. The van der Waals surface area contributed by atoms with Crippen LogP contribution < -0.4 is 10.4 Å². The number of furan rings is 1. The average molecular weight is 342 g/mol. The third-order valence-electron chi connectivity index (χ3n) is 3.97. The van der Waals surface area contributed by atoms with E-state index < -0.39 is 17.4 Å². The summed E-state index contributed by atoms with van der Waals surface area (Å²) in [6.45, 7) is 3.43. The molecule has 0 atom stereocenters. The normalized spacial score (nSPS) is 11.5. The summed E-state index contributed by atoms with van der Waals surface area (Å²) in [5.41, 5.74) is 1.47. The van der Waals surface area contributed by atoms with Crippen molar-refractivity contribution in [3.05, 3.63) is 60.6 Å². The molecule has 1 aromatic heterocycles. The van der Waals surface area contributed by atoms with E-state index in [-0.39, 0.29) is 12.8 Å². The van der Waals surface area contributed by atoms with Crippen LogP contribution in [0, 0.1) is 0 Å². The number of hydrazine groups is 1. The van der Waals surface area contributed by atoms with Crippen molar-refractivity contribution in [2.75, 3.05) is 5.01 Å². The molecule has 132 valence electrons. The summed E-state index contributed by atoms with van der Waals surface area (Å²) in [5.74, 6) is -0.571. The Morgan fingerprint density at radius 2 is 1.84 bits per heavy atom. The van der Waals surface area contributed by atoms with E-state index in [0.29, 0.717) is 11.4 Å². The van der Waals surface area contributed by atoms with Gasteiger partial charge in [-0.3, -0.25) is 15.0 Å². The van der Waals surface area contributed by atoms with Gasteiger partial charge in [0.05, 0.1) is 12.0 Å². The van der Waals surface area contributed by atoms with Crippen LogP contribution in [0.4, 0.5) is 5.69 Å². The third-order valence-corrected chi connectivity index (χ3v) is 3.97. The molecule has 0 aliphatic heterocycles. The van der Waals surface area contributed by atoms with Crippen LogP contribution >= 0.6 is 0 Å². The van der Waals surface area contributed by atoms with E-state index in [2.05, 4.69) is 5.43 Å². The summed E-state index contributed by atoms with van der Waals surface area (Å²) >= 11 is 0. The van der Waals surface area contributed by atoms with Crippen LogP contribution in [0.1, 0.15) is 32.4 Å². The highest BCUT2D eigenvalue weighted by Crippen LogP contribution is 2.17. The van der Waals surface area contributed by atoms with Gasteiger partial charge in [-0.15, -0.1) is 0 Å². The van der Waals surface area contributed by atoms with E-state index in [1.54, 1.807) is 56.3 Å². The molecule has 2 N–H and O–H groups in total. The minimum absolute atomic E-state index is 0.244. The predicted octanol–water partition coefficient (Wildman–Crippen LogP) is 2.91. The largest absolute Gasteiger partial charge is 0.465 e. The molecule has 1 aromatic carbocycles. The number of benzene rings is 1. The molecule has 0 fully saturated rings. The maximum Gasteiger partial charge on any atom is 0.270 e. The van der Waals surface area contributed by atoms with E-state index in [4.69, 9.17) is 4.42 Å². The lowest BCUT2D eigenvalue weighted by Crippen LogP contribution is -2.54. The number of nitrogens with zero attached hydrogens (tertiary/aromatic N) is 1. The van der Waals surface area contributed by atoms with Gasteiger partial charge in [-0.05, 0) is 43.2 Å². The Kier molecular flexibility index (Phi) is 6.14. The number of carbonyl (C=O) groups is 2. The van der Waals surface area contributed by atoms with Crippen LogP contribution in [0.2, 0.25) is 0 Å². The number of aliphatic hydroxyl groups is 1. The van der Waals surface area contributed by atoms with Gasteiger partial charge in [-0.25, -0.2) is 5.01 Å². The van der Waals surface area contributed by atoms with Crippen molar-refractivity contribution in [1.82, 2.24) is 5.43 Å². The molecule has 0 saturated carbocycles. The summed E-state index contributed by atoms with van der Waals surface area (Å²) in [6.07, 6.45) is 4.80. The van der Waals surface area contributed by atoms with Gasteiger partial charge in [-0.1, -0.05) is 32.0 Å². The second-order valence-corrected chi connectivity index (χ2v) is 5.54. The summed E-state index contributed by atoms with van der Waals surface area (Å²) in [5, 5.41) is 11.5. The Balaban J connectivity index is 2.25. The Labute approximate surface area is 146 Å². The molecule has 1 heterocycles. The van der Waals surface area contributed by atoms with Gasteiger partial charge in [0, 0.05) is 6.08 Å². The third kappa shape index (κ3) is 4.58. The smallest absolute Gasteiger partial charge is 0.270 e. The second-order valence-electron chi connectivity index (χ2n) is 5.54. The van der Waals surface area contributed by atoms with Gasteiger partial charge < -0.3 is 9.52 Å². The fraction of sp³-hybridized carbons (Fsp3) is 0.263. The highest BCUT2D eigenvalue weighted by molar-refractivity contribution is 6.05. The van der Waals surface area contributed by atoms with E-state index >= 15 is 0 Å². The molecule has 0 radical (unpaired) electrons. The minimum Gasteiger partial charge on any atom is -0.465 e. The molecule has 0 spiro atoms. The maximum atomic E-state index is 12.6. The minimum atomic E-state index is -1.53. The van der Waals surface area contributed by atoms with Crippen LogP contribution in [-0.2, 0) is 9.59 Å². The summed E-state index contributed by atoms with van der Waals surface area (Å²) in [7, 11) is 0. The Hall–Kier alpha value is -2.86. The van der Waals surface area contributed by atoms with Crippen LogP contribution in [0.5, 0.6) is 0 Å². The molecule has 0 bridgehead atoms. The lowest BCUT2D eigenvalue weighted by molar-refractivity contribution is -0.141. The van der Waals surface area contributed by atoms with E-state index in [1.165, 1.54) is 18.4 Å². The Bertz CT molecular complexity index is 719. The van der Waals surface area contributed by atoms with Crippen molar-refractivity contribution < 1.29 is 19.1 Å². The van der Waals surface area contributed by atoms with Crippen LogP contribution in [0.3, 0.4) is 0 Å². The lowest BCUT2D eigenvalue weighted by atomic mass is 9.97. The molecule has 0 aliphatic rings. The van der Waals surface area contributed by atoms with Gasteiger partial charge in [0.25, 0.3) is 11.8 Å². The zero-order chi connectivity index (χ0) is 18.3. The van der Waals surface area contributed by atoms with Gasteiger partial charge in [0.15, 0.2) is 0 Å². The van der Waals surface area contributed by atoms with Crippen LogP contribution in [0.25, 0.3) is 6.08 Å². The molecular formula is C19H22N2O4. The van der Waals surface area contributed by atoms with Crippen molar-refractivity contribution in [3.8, 4) is 0 Å². The number of nitrogens with one attached hydrogen (secondary N) is 1. The zero-order valence-corrected chi connectivity index (χ0v) is 14.3. The van der Waals surface area contributed by atoms with Gasteiger partial charge in [-0.2, -0.15) is 0 Å². The Morgan fingerprint density at radius 3 is 2.40 bits per heavy atom. The van der Waals surface area contributed by atoms with E-state index in [0.717, 1.165) is 5.01 Å². The first-order valence-corrected chi connectivity index (χ1v) is 8.14. The molecular weight excluding hydrogens is 320 g/mol. The molecule has 0 unspecified atom stereocenters. The van der Waals surface area contributed by atoms with Gasteiger partial charge in [0.2, 0.25) is 0 Å². The number of anilines is 1. The molecule has 2 amide bonds. The first-order valence-electron chi connectivity index (χ1n) is 8.14. The second kappa shape index (κ2) is 8.30. The summed E-state index contributed by atoms with van der Waals surface area (Å²) < 4.78 is 5.15. The van der Waals surface area contributed by atoms with Gasteiger partial charge in [0.1, 0.15) is 11.4 Å². The van der Waals surface area contributed by atoms with Crippen molar-refractivity contribution >= 4 is 23.6 Å². The van der Waals surface area contributed by atoms with Crippen molar-refractivity contribution in [2.24, 2.45) is 0 Å². The fourth-order valence-corrected chi connectivity index (χ4v) is 2.21. The molecule has 2 aromatic rings. The SMILES string of the molecule is CCC(O)(CC)C(=O)NN(C(=O)/C=C/c1ccco1)c1ccccc1. The predicted molar refractivity (Wildman–Crippen MR) is 95.3 cm³/mol. The standard InChI is InChI=1S/C19H22N2O4/c1-3-19(24,4-2)18(23)20-21(15-9-6-5-7-10-15)17(22)13-12-16-11-8-14-25-16/h5-14,24H,3-4H2,1-2H3,(H,20,23)/b13-12+. The molecule has 0 saturated heterocycles. The highest BCUT2D eigenvalue weighted by atomic mass is 16.3. The number of hydrogen-bond acceptors (Lipinski definition) is 4. The van der Waals surface area contributed by atoms with Crippen LogP contribution in [0.15, 0.2) is 59.2 Å². The first-order chi connectivity index (χ1) is 12.0. The molecule has 2 rings (SSSR count). The monoisotopic (exact) mass is 342 g/mol. The topological polar surface area (TPSA) is 82.8 Å². The first kappa shape index (κ1) is 18.5. The van der Waals surface area contributed by atoms with Crippen LogP contribution in [-0.4, -0.2) is 22.5 Å². The number of rotatable bonds is 6. The number of amides is 2. The van der Waals surface area contributed by atoms with Crippen molar-refractivity contribution in [3.63, 3.8) is 0 Å². The van der Waals surface area contributed by atoms with Gasteiger partial charge >= 0.3 is 0 Å².